The van der Waals surface area contributed by atoms with Gasteiger partial charge in [0.25, 0.3) is 0 Å². The van der Waals surface area contributed by atoms with Crippen LogP contribution in [-0.2, 0) is 20.7 Å². The summed E-state index contributed by atoms with van der Waals surface area (Å²) < 4.78 is 5.53. The van der Waals surface area contributed by atoms with Crippen molar-refractivity contribution in [1.29, 1.82) is 0 Å². The molecular formula is C32H45N3O4. The number of amides is 3. The van der Waals surface area contributed by atoms with Crippen LogP contribution in [0, 0.1) is 6.92 Å². The summed E-state index contributed by atoms with van der Waals surface area (Å²) in [7, 11) is 0. The lowest BCUT2D eigenvalue weighted by Crippen LogP contribution is -2.58. The van der Waals surface area contributed by atoms with Gasteiger partial charge in [0, 0.05) is 18.5 Å². The number of aryl methyl sites for hydroxylation is 1. The van der Waals surface area contributed by atoms with Gasteiger partial charge in [0.15, 0.2) is 0 Å². The van der Waals surface area contributed by atoms with Gasteiger partial charge in [-0.05, 0) is 77.0 Å². The lowest BCUT2D eigenvalue weighted by molar-refractivity contribution is -0.147. The van der Waals surface area contributed by atoms with Crippen LogP contribution in [0.3, 0.4) is 0 Å². The summed E-state index contributed by atoms with van der Waals surface area (Å²) in [6.45, 7) is 11.4. The number of nitrogens with zero attached hydrogens (tertiary/aromatic N) is 1. The lowest BCUT2D eigenvalue weighted by Gasteiger charge is -2.44. The largest absolute Gasteiger partial charge is 0.444 e. The SMILES string of the molecule is CCCC(C)NC(=O)C(c1ccccc1C)N(C(=O)C(Cc1ccccc1)NC(=O)OC(C)(C)C)C1CCC1. The zero-order valence-electron chi connectivity index (χ0n) is 24.3. The fourth-order valence-electron chi connectivity index (χ4n) is 5.00. The van der Waals surface area contributed by atoms with Gasteiger partial charge >= 0.3 is 6.09 Å². The molecule has 0 aromatic heterocycles. The van der Waals surface area contributed by atoms with E-state index in [4.69, 9.17) is 4.74 Å². The standard InChI is InChI=1S/C32H45N3O4/c1-7-14-23(3)33-29(36)28(26-20-12-11-15-22(26)2)35(25-18-13-19-25)30(37)27(21-24-16-9-8-10-17-24)34-31(38)39-32(4,5)6/h8-12,15-17,20,23,25,27-28H,7,13-14,18-19,21H2,1-6H3,(H,33,36)(H,34,38). The monoisotopic (exact) mass is 535 g/mol. The van der Waals surface area contributed by atoms with E-state index in [1.807, 2.05) is 68.4 Å². The van der Waals surface area contributed by atoms with Gasteiger partial charge in [-0.15, -0.1) is 0 Å². The molecule has 1 saturated carbocycles. The molecular weight excluding hydrogens is 490 g/mol. The third-order valence-corrected chi connectivity index (χ3v) is 7.11. The second kappa shape index (κ2) is 13.6. The van der Waals surface area contributed by atoms with Gasteiger partial charge in [0.1, 0.15) is 17.7 Å². The molecule has 1 aliphatic rings. The Morgan fingerprint density at radius 2 is 1.64 bits per heavy atom. The second-order valence-corrected chi connectivity index (χ2v) is 11.7. The van der Waals surface area contributed by atoms with Gasteiger partial charge in [0.2, 0.25) is 11.8 Å². The van der Waals surface area contributed by atoms with Crippen molar-refractivity contribution in [2.75, 3.05) is 0 Å². The number of carbonyl (C=O) groups is 3. The maximum atomic E-state index is 14.5. The molecule has 1 aliphatic carbocycles. The molecule has 7 nitrogen and oxygen atoms in total. The quantitative estimate of drug-likeness (QED) is 0.377. The Labute approximate surface area is 233 Å². The third-order valence-electron chi connectivity index (χ3n) is 7.11. The van der Waals surface area contributed by atoms with E-state index in [0.717, 1.165) is 48.8 Å². The number of hydrogen-bond acceptors (Lipinski definition) is 4. The smallest absolute Gasteiger partial charge is 0.408 e. The molecule has 0 bridgehead atoms. The fourth-order valence-corrected chi connectivity index (χ4v) is 5.00. The van der Waals surface area contributed by atoms with Crippen molar-refractivity contribution >= 4 is 17.9 Å². The summed E-state index contributed by atoms with van der Waals surface area (Å²) in [6.07, 6.45) is 4.05. The molecule has 212 valence electrons. The topological polar surface area (TPSA) is 87.7 Å². The lowest BCUT2D eigenvalue weighted by atomic mass is 9.87. The number of nitrogens with one attached hydrogen (secondary N) is 2. The van der Waals surface area contributed by atoms with Gasteiger partial charge in [-0.3, -0.25) is 9.59 Å². The maximum absolute atomic E-state index is 14.5. The average molecular weight is 536 g/mol. The minimum atomic E-state index is -0.893. The van der Waals surface area contributed by atoms with Gasteiger partial charge in [-0.25, -0.2) is 4.79 Å². The zero-order valence-corrected chi connectivity index (χ0v) is 24.3. The number of rotatable bonds is 11. The first-order valence-corrected chi connectivity index (χ1v) is 14.2. The minimum Gasteiger partial charge on any atom is -0.444 e. The molecule has 2 aromatic rings. The number of alkyl carbamates (subject to hydrolysis) is 1. The Morgan fingerprint density at radius 3 is 2.21 bits per heavy atom. The molecule has 0 radical (unpaired) electrons. The summed E-state index contributed by atoms with van der Waals surface area (Å²) in [5.41, 5.74) is 1.94. The Balaban J connectivity index is 2.03. The first kappa shape index (κ1) is 30.2. The number of ether oxygens (including phenoxy) is 1. The van der Waals surface area contributed by atoms with Gasteiger partial charge in [-0.2, -0.15) is 0 Å². The molecule has 1 fully saturated rings. The van der Waals surface area contributed by atoms with Crippen molar-refractivity contribution in [3.63, 3.8) is 0 Å². The Hall–Kier alpha value is -3.35. The minimum absolute atomic E-state index is 0.0210. The fraction of sp³-hybridized carbons (Fsp3) is 0.531. The van der Waals surface area contributed by atoms with Crippen LogP contribution < -0.4 is 10.6 Å². The predicted molar refractivity (Wildman–Crippen MR) is 154 cm³/mol. The van der Waals surface area contributed by atoms with E-state index < -0.39 is 23.8 Å². The summed E-state index contributed by atoms with van der Waals surface area (Å²) in [5.74, 6) is -0.470. The van der Waals surface area contributed by atoms with E-state index >= 15 is 0 Å². The van der Waals surface area contributed by atoms with Crippen molar-refractivity contribution in [2.45, 2.75) is 110 Å². The highest BCUT2D eigenvalue weighted by Gasteiger charge is 2.42. The van der Waals surface area contributed by atoms with E-state index in [1.165, 1.54) is 0 Å². The molecule has 0 aliphatic heterocycles. The van der Waals surface area contributed by atoms with Crippen LogP contribution in [0.25, 0.3) is 0 Å². The molecule has 7 heteroatoms. The van der Waals surface area contributed by atoms with Crippen molar-refractivity contribution < 1.29 is 19.1 Å². The van der Waals surface area contributed by atoms with Crippen molar-refractivity contribution in [1.82, 2.24) is 15.5 Å². The molecule has 0 spiro atoms. The molecule has 3 amide bonds. The van der Waals surface area contributed by atoms with Crippen LogP contribution in [0.15, 0.2) is 54.6 Å². The molecule has 3 rings (SSSR count). The maximum Gasteiger partial charge on any atom is 0.408 e. The summed E-state index contributed by atoms with van der Waals surface area (Å²) in [5, 5.41) is 6.00. The number of benzene rings is 2. The highest BCUT2D eigenvalue weighted by molar-refractivity contribution is 5.93. The van der Waals surface area contributed by atoms with E-state index in [2.05, 4.69) is 17.6 Å². The predicted octanol–water partition coefficient (Wildman–Crippen LogP) is 5.86. The highest BCUT2D eigenvalue weighted by Crippen LogP contribution is 2.35. The van der Waals surface area contributed by atoms with Crippen LogP contribution in [0.2, 0.25) is 0 Å². The Bertz CT molecular complexity index is 1110. The van der Waals surface area contributed by atoms with Crippen molar-refractivity contribution in [2.24, 2.45) is 0 Å². The molecule has 2 N–H and O–H groups in total. The summed E-state index contributed by atoms with van der Waals surface area (Å²) in [4.78, 5) is 43.1. The number of hydrogen-bond donors (Lipinski definition) is 2. The summed E-state index contributed by atoms with van der Waals surface area (Å²) in [6, 6.07) is 15.5. The van der Waals surface area contributed by atoms with Crippen LogP contribution in [-0.4, -0.2) is 46.5 Å². The van der Waals surface area contributed by atoms with Crippen molar-refractivity contribution in [3.8, 4) is 0 Å². The highest BCUT2D eigenvalue weighted by atomic mass is 16.6. The second-order valence-electron chi connectivity index (χ2n) is 11.7. The normalized spacial score (nSPS) is 15.8. The van der Waals surface area contributed by atoms with Gasteiger partial charge < -0.3 is 20.3 Å². The van der Waals surface area contributed by atoms with E-state index in [9.17, 15) is 14.4 Å². The van der Waals surface area contributed by atoms with Gasteiger partial charge in [0.05, 0.1) is 0 Å². The van der Waals surface area contributed by atoms with Crippen LogP contribution in [0.5, 0.6) is 0 Å². The van der Waals surface area contributed by atoms with Crippen LogP contribution in [0.4, 0.5) is 4.79 Å². The first-order chi connectivity index (χ1) is 18.5. The molecule has 3 unspecified atom stereocenters. The number of carbonyl (C=O) groups excluding carboxylic acids is 3. The average Bonchev–Trinajstić information content (AvgIpc) is 2.82. The molecule has 3 atom stereocenters. The summed E-state index contributed by atoms with van der Waals surface area (Å²) >= 11 is 0. The van der Waals surface area contributed by atoms with Gasteiger partial charge in [-0.1, -0.05) is 67.9 Å². The van der Waals surface area contributed by atoms with E-state index in [-0.39, 0.29) is 30.3 Å². The van der Waals surface area contributed by atoms with Crippen LogP contribution >= 0.6 is 0 Å². The zero-order chi connectivity index (χ0) is 28.6. The molecule has 2 aromatic carbocycles. The van der Waals surface area contributed by atoms with E-state index in [1.54, 1.807) is 25.7 Å². The third kappa shape index (κ3) is 8.57. The Kier molecular flexibility index (Phi) is 10.6. The Morgan fingerprint density at radius 1 is 1.00 bits per heavy atom. The first-order valence-electron chi connectivity index (χ1n) is 14.2. The molecule has 0 saturated heterocycles. The van der Waals surface area contributed by atoms with E-state index in [0.29, 0.717) is 0 Å². The van der Waals surface area contributed by atoms with Crippen LogP contribution in [0.1, 0.15) is 89.5 Å². The molecule has 39 heavy (non-hydrogen) atoms. The molecule has 0 heterocycles. The van der Waals surface area contributed by atoms with Crippen molar-refractivity contribution in [3.05, 3.63) is 71.3 Å².